The zero-order valence-corrected chi connectivity index (χ0v) is 11.3. The quantitative estimate of drug-likeness (QED) is 0.822. The number of rotatable bonds is 4. The van der Waals surface area contributed by atoms with Crippen molar-refractivity contribution in [2.24, 2.45) is 0 Å². The SMILES string of the molecule is C#CCNC(=O)CN1CCN(c2ccc(F)cc2)CC1. The molecule has 4 nitrogen and oxygen atoms in total. The molecule has 20 heavy (non-hydrogen) atoms. The molecule has 2 rings (SSSR count). The van der Waals surface area contributed by atoms with Gasteiger partial charge in [-0.2, -0.15) is 0 Å². The molecule has 1 N–H and O–H groups in total. The summed E-state index contributed by atoms with van der Waals surface area (Å²) in [6, 6.07) is 6.50. The average molecular weight is 275 g/mol. The lowest BCUT2D eigenvalue weighted by atomic mass is 10.2. The van der Waals surface area contributed by atoms with Crippen LogP contribution in [0.5, 0.6) is 0 Å². The van der Waals surface area contributed by atoms with Gasteiger partial charge in [0.2, 0.25) is 5.91 Å². The molecule has 0 aromatic heterocycles. The highest BCUT2D eigenvalue weighted by molar-refractivity contribution is 5.78. The van der Waals surface area contributed by atoms with E-state index < -0.39 is 0 Å². The van der Waals surface area contributed by atoms with Crippen molar-refractivity contribution in [2.45, 2.75) is 0 Å². The second-order valence-electron chi connectivity index (χ2n) is 4.72. The monoisotopic (exact) mass is 275 g/mol. The Bertz CT molecular complexity index is 487. The maximum Gasteiger partial charge on any atom is 0.234 e. The molecule has 1 aromatic carbocycles. The minimum absolute atomic E-state index is 0.0433. The fourth-order valence-electron chi connectivity index (χ4n) is 2.22. The van der Waals surface area contributed by atoms with Crippen molar-refractivity contribution in [2.75, 3.05) is 44.2 Å². The normalized spacial score (nSPS) is 15.7. The second-order valence-corrected chi connectivity index (χ2v) is 4.72. The van der Waals surface area contributed by atoms with Crippen molar-refractivity contribution in [1.29, 1.82) is 0 Å². The molecular formula is C15H18FN3O. The van der Waals surface area contributed by atoms with Crippen LogP contribution in [0, 0.1) is 18.2 Å². The Morgan fingerprint density at radius 3 is 2.50 bits per heavy atom. The zero-order chi connectivity index (χ0) is 14.4. The number of anilines is 1. The van der Waals surface area contributed by atoms with E-state index in [1.54, 1.807) is 12.1 Å². The molecule has 1 fully saturated rings. The van der Waals surface area contributed by atoms with Crippen LogP contribution < -0.4 is 10.2 Å². The molecule has 106 valence electrons. The number of benzene rings is 1. The van der Waals surface area contributed by atoms with Gasteiger partial charge in [0.15, 0.2) is 0 Å². The van der Waals surface area contributed by atoms with Gasteiger partial charge >= 0.3 is 0 Å². The van der Waals surface area contributed by atoms with E-state index in [2.05, 4.69) is 21.0 Å². The largest absolute Gasteiger partial charge is 0.369 e. The van der Waals surface area contributed by atoms with Crippen molar-refractivity contribution in [1.82, 2.24) is 10.2 Å². The number of carbonyl (C=O) groups is 1. The van der Waals surface area contributed by atoms with Crippen LogP contribution in [0.3, 0.4) is 0 Å². The molecule has 1 saturated heterocycles. The lowest BCUT2D eigenvalue weighted by Gasteiger charge is -2.35. The third-order valence-electron chi connectivity index (χ3n) is 3.32. The molecule has 1 heterocycles. The van der Waals surface area contributed by atoms with E-state index in [1.807, 2.05) is 0 Å². The van der Waals surface area contributed by atoms with Crippen LogP contribution in [0.1, 0.15) is 0 Å². The number of hydrogen-bond acceptors (Lipinski definition) is 3. The maximum atomic E-state index is 12.9. The van der Waals surface area contributed by atoms with Crippen LogP contribution in [-0.4, -0.2) is 50.1 Å². The molecule has 0 aliphatic carbocycles. The number of carbonyl (C=O) groups excluding carboxylic acids is 1. The predicted octanol–water partition coefficient (Wildman–Crippen LogP) is 0.697. The van der Waals surface area contributed by atoms with E-state index in [9.17, 15) is 9.18 Å². The summed E-state index contributed by atoms with van der Waals surface area (Å²) in [6.45, 7) is 3.91. The van der Waals surface area contributed by atoms with Gasteiger partial charge in [-0.25, -0.2) is 4.39 Å². The van der Waals surface area contributed by atoms with Crippen LogP contribution in [-0.2, 0) is 4.79 Å². The van der Waals surface area contributed by atoms with E-state index in [1.165, 1.54) is 12.1 Å². The van der Waals surface area contributed by atoms with Crippen molar-refractivity contribution < 1.29 is 9.18 Å². The molecule has 0 radical (unpaired) electrons. The highest BCUT2D eigenvalue weighted by Crippen LogP contribution is 2.16. The standard InChI is InChI=1S/C15H18FN3O/c1-2-7-17-15(20)12-18-8-10-19(11-9-18)14-5-3-13(16)4-6-14/h1,3-6H,7-12H2,(H,17,20). The Hall–Kier alpha value is -2.06. The van der Waals surface area contributed by atoms with Crippen LogP contribution in [0.25, 0.3) is 0 Å². The van der Waals surface area contributed by atoms with Gasteiger partial charge in [0, 0.05) is 31.9 Å². The molecule has 0 unspecified atom stereocenters. The first-order valence-corrected chi connectivity index (χ1v) is 6.62. The van der Waals surface area contributed by atoms with Crippen LogP contribution in [0.15, 0.2) is 24.3 Å². The Morgan fingerprint density at radius 1 is 1.25 bits per heavy atom. The fourth-order valence-corrected chi connectivity index (χ4v) is 2.22. The number of hydrogen-bond donors (Lipinski definition) is 1. The molecule has 0 atom stereocenters. The summed E-state index contributed by atoms with van der Waals surface area (Å²) in [7, 11) is 0. The fraction of sp³-hybridized carbons (Fsp3) is 0.400. The van der Waals surface area contributed by atoms with Crippen LogP contribution >= 0.6 is 0 Å². The Kier molecular flexibility index (Phi) is 4.97. The second kappa shape index (κ2) is 6.92. The molecule has 1 aromatic rings. The summed E-state index contributed by atoms with van der Waals surface area (Å²) in [4.78, 5) is 15.8. The number of nitrogens with one attached hydrogen (secondary N) is 1. The minimum Gasteiger partial charge on any atom is -0.369 e. The summed E-state index contributed by atoms with van der Waals surface area (Å²) in [5.74, 6) is 2.11. The van der Waals surface area contributed by atoms with Gasteiger partial charge in [-0.15, -0.1) is 6.42 Å². The van der Waals surface area contributed by atoms with E-state index in [-0.39, 0.29) is 18.3 Å². The highest BCUT2D eigenvalue weighted by atomic mass is 19.1. The Labute approximate surface area is 118 Å². The molecule has 0 bridgehead atoms. The first kappa shape index (κ1) is 14.4. The third-order valence-corrected chi connectivity index (χ3v) is 3.32. The summed E-state index contributed by atoms with van der Waals surface area (Å²) in [5, 5.41) is 2.66. The van der Waals surface area contributed by atoms with Crippen molar-refractivity contribution in [3.8, 4) is 12.3 Å². The summed E-state index contributed by atoms with van der Waals surface area (Å²) in [6.07, 6.45) is 5.09. The third kappa shape index (κ3) is 3.97. The first-order valence-electron chi connectivity index (χ1n) is 6.62. The molecule has 1 aliphatic heterocycles. The lowest BCUT2D eigenvalue weighted by Crippen LogP contribution is -2.49. The van der Waals surface area contributed by atoms with E-state index in [0.29, 0.717) is 6.54 Å². The molecule has 1 amide bonds. The Balaban J connectivity index is 1.79. The minimum atomic E-state index is -0.224. The van der Waals surface area contributed by atoms with Gasteiger partial charge in [0.05, 0.1) is 13.1 Å². The number of piperazine rings is 1. The number of nitrogens with zero attached hydrogens (tertiary/aromatic N) is 2. The first-order chi connectivity index (χ1) is 9.69. The van der Waals surface area contributed by atoms with Crippen molar-refractivity contribution in [3.63, 3.8) is 0 Å². The zero-order valence-electron chi connectivity index (χ0n) is 11.3. The van der Waals surface area contributed by atoms with Gasteiger partial charge in [-0.1, -0.05) is 5.92 Å². The molecule has 0 spiro atoms. The van der Waals surface area contributed by atoms with Gasteiger partial charge in [-0.3, -0.25) is 9.69 Å². The molecule has 5 heteroatoms. The molecule has 0 saturated carbocycles. The molecule has 1 aliphatic rings. The number of amides is 1. The van der Waals surface area contributed by atoms with Gasteiger partial charge < -0.3 is 10.2 Å². The molecular weight excluding hydrogens is 257 g/mol. The summed E-state index contributed by atoms with van der Waals surface area (Å²) < 4.78 is 12.9. The van der Waals surface area contributed by atoms with Crippen molar-refractivity contribution in [3.05, 3.63) is 30.1 Å². The topological polar surface area (TPSA) is 35.6 Å². The van der Waals surface area contributed by atoms with E-state index >= 15 is 0 Å². The van der Waals surface area contributed by atoms with Crippen LogP contribution in [0.4, 0.5) is 10.1 Å². The van der Waals surface area contributed by atoms with Gasteiger partial charge in [0.1, 0.15) is 5.82 Å². The van der Waals surface area contributed by atoms with Crippen molar-refractivity contribution >= 4 is 11.6 Å². The van der Waals surface area contributed by atoms with Crippen LogP contribution in [0.2, 0.25) is 0 Å². The van der Waals surface area contributed by atoms with E-state index in [0.717, 1.165) is 31.9 Å². The average Bonchev–Trinajstić information content (AvgIpc) is 2.47. The highest BCUT2D eigenvalue weighted by Gasteiger charge is 2.18. The predicted molar refractivity (Wildman–Crippen MR) is 76.9 cm³/mol. The lowest BCUT2D eigenvalue weighted by molar-refractivity contribution is -0.122. The summed E-state index contributed by atoms with van der Waals surface area (Å²) >= 11 is 0. The number of terminal acetylenes is 1. The Morgan fingerprint density at radius 2 is 1.90 bits per heavy atom. The summed E-state index contributed by atoms with van der Waals surface area (Å²) in [5.41, 5.74) is 1.02. The maximum absolute atomic E-state index is 12.9. The number of halogens is 1. The smallest absolute Gasteiger partial charge is 0.234 e. The van der Waals surface area contributed by atoms with Gasteiger partial charge in [-0.05, 0) is 24.3 Å². The van der Waals surface area contributed by atoms with Gasteiger partial charge in [0.25, 0.3) is 0 Å². The van der Waals surface area contributed by atoms with E-state index in [4.69, 9.17) is 6.42 Å².